The number of carboxylic acids is 4. The number of ketones is 1. The van der Waals surface area contributed by atoms with Crippen molar-refractivity contribution in [2.75, 3.05) is 58.9 Å². The Labute approximate surface area is 175 Å². The zero-order valence-corrected chi connectivity index (χ0v) is 17.3. The molecule has 0 bridgehead atoms. The van der Waals surface area contributed by atoms with E-state index >= 15 is 0 Å². The quantitative estimate of drug-likeness (QED) is 0.185. The van der Waals surface area contributed by atoms with Crippen LogP contribution in [-0.2, 0) is 44.1 Å². The molecule has 13 heteroatoms. The molecule has 0 aliphatic heterocycles. The van der Waals surface area contributed by atoms with Crippen LogP contribution in [0.1, 0.15) is 6.92 Å². The molecular formula is C15H25N3O9Tc. The van der Waals surface area contributed by atoms with Crippen LogP contribution in [0.3, 0.4) is 0 Å². The minimum atomic E-state index is -1.21. The third-order valence-corrected chi connectivity index (χ3v) is 3.35. The van der Waals surface area contributed by atoms with Gasteiger partial charge in [0.2, 0.25) is 0 Å². The maximum atomic E-state index is 11.2. The number of aliphatic carboxylic acids is 4. The summed E-state index contributed by atoms with van der Waals surface area (Å²) in [5.74, 6) is -4.94. The molecule has 1 radical (unpaired) electrons. The van der Waals surface area contributed by atoms with E-state index in [1.54, 1.807) is 0 Å². The van der Waals surface area contributed by atoms with Gasteiger partial charge in [-0.15, -0.1) is 0 Å². The normalized spacial score (nSPS) is 10.7. The molecule has 0 aromatic heterocycles. The molecule has 0 fully saturated rings. The van der Waals surface area contributed by atoms with Gasteiger partial charge in [0, 0.05) is 46.3 Å². The molecular weight excluding hydrogens is 464 g/mol. The molecule has 4 N–H and O–H groups in total. The van der Waals surface area contributed by atoms with Crippen molar-refractivity contribution in [1.82, 2.24) is 14.7 Å². The third-order valence-electron chi connectivity index (χ3n) is 3.35. The smallest absolute Gasteiger partial charge is 0.317 e. The molecule has 0 aliphatic rings. The standard InChI is InChI=1S/C15H25N3O9.Tc/c1-11(19)6-17(8-13(22)23)4-2-16(7-12(20)21)3-5-18(9-14(24)25)10-15(26)27;/h2-10H2,1H3,(H,20,21)(H,22,23)(H,24,25)(H,26,27);. The monoisotopic (exact) mass is 488 g/mol. The Bertz CT molecular complexity index is 487. The van der Waals surface area contributed by atoms with Crippen LogP contribution in [-0.4, -0.2) is 124 Å². The molecule has 0 amide bonds. The molecule has 0 aromatic rings. The van der Waals surface area contributed by atoms with Crippen molar-refractivity contribution in [3.05, 3.63) is 0 Å². The summed E-state index contributed by atoms with van der Waals surface area (Å²) >= 11 is 0. The summed E-state index contributed by atoms with van der Waals surface area (Å²) in [6.45, 7) is -0.314. The predicted molar refractivity (Wildman–Crippen MR) is 90.5 cm³/mol. The fourth-order valence-electron chi connectivity index (χ4n) is 2.34. The summed E-state index contributed by atoms with van der Waals surface area (Å²) in [7, 11) is 0. The van der Waals surface area contributed by atoms with E-state index in [9.17, 15) is 24.0 Å². The fourth-order valence-corrected chi connectivity index (χ4v) is 2.34. The largest absolute Gasteiger partial charge is 0.480 e. The number of carbonyl (C=O) groups excluding carboxylic acids is 1. The van der Waals surface area contributed by atoms with Gasteiger partial charge in [-0.2, -0.15) is 0 Å². The van der Waals surface area contributed by atoms with Gasteiger partial charge in [0.1, 0.15) is 5.78 Å². The van der Waals surface area contributed by atoms with Gasteiger partial charge in [-0.05, 0) is 6.92 Å². The van der Waals surface area contributed by atoms with Crippen molar-refractivity contribution in [2.45, 2.75) is 6.92 Å². The first kappa shape index (κ1) is 28.3. The predicted octanol–water partition coefficient (Wildman–Crippen LogP) is -2.18. The number of hydrogen-bond donors (Lipinski definition) is 4. The fraction of sp³-hybridized carbons (Fsp3) is 0.667. The maximum absolute atomic E-state index is 11.2. The van der Waals surface area contributed by atoms with Crippen LogP contribution in [0.2, 0.25) is 0 Å². The second kappa shape index (κ2) is 15.1. The SMILES string of the molecule is CC(=O)CN(CCN(CCN(CC(=O)O)CC(=O)O)CC(=O)O)CC(=O)O.[Tc]. The van der Waals surface area contributed by atoms with E-state index in [0.29, 0.717) is 0 Å². The van der Waals surface area contributed by atoms with Gasteiger partial charge in [0.05, 0.1) is 32.7 Å². The minimum absolute atomic E-state index is 0. The number of carbonyl (C=O) groups is 5. The molecule has 0 rings (SSSR count). The van der Waals surface area contributed by atoms with E-state index in [0.717, 1.165) is 4.90 Å². The summed E-state index contributed by atoms with van der Waals surface area (Å²) in [4.78, 5) is 58.6. The average Bonchev–Trinajstić information content (AvgIpc) is 2.46. The van der Waals surface area contributed by atoms with E-state index in [4.69, 9.17) is 20.4 Å². The van der Waals surface area contributed by atoms with Crippen LogP contribution in [0.25, 0.3) is 0 Å². The molecule has 0 unspecified atom stereocenters. The first-order chi connectivity index (χ1) is 12.5. The number of rotatable bonds is 16. The molecule has 0 saturated heterocycles. The molecule has 12 nitrogen and oxygen atoms in total. The van der Waals surface area contributed by atoms with Crippen LogP contribution in [0.4, 0.5) is 0 Å². The molecule has 0 aliphatic carbocycles. The van der Waals surface area contributed by atoms with Crippen molar-refractivity contribution in [2.24, 2.45) is 0 Å². The van der Waals surface area contributed by atoms with Crippen LogP contribution in [0, 0.1) is 0 Å². The molecule has 0 atom stereocenters. The Balaban J connectivity index is 0. The van der Waals surface area contributed by atoms with Gasteiger partial charge >= 0.3 is 23.9 Å². The van der Waals surface area contributed by atoms with Gasteiger partial charge in [-0.3, -0.25) is 38.7 Å². The van der Waals surface area contributed by atoms with Gasteiger partial charge in [0.25, 0.3) is 0 Å². The van der Waals surface area contributed by atoms with E-state index in [1.165, 1.54) is 16.7 Å². The number of hydrogen-bond acceptors (Lipinski definition) is 8. The Morgan fingerprint density at radius 1 is 0.536 bits per heavy atom. The minimum Gasteiger partial charge on any atom is -0.480 e. The third kappa shape index (κ3) is 16.3. The van der Waals surface area contributed by atoms with Gasteiger partial charge in [-0.1, -0.05) is 0 Å². The van der Waals surface area contributed by atoms with Gasteiger partial charge in [-0.25, -0.2) is 0 Å². The maximum Gasteiger partial charge on any atom is 0.317 e. The summed E-state index contributed by atoms with van der Waals surface area (Å²) < 4.78 is 0. The Morgan fingerprint density at radius 3 is 1.07 bits per heavy atom. The molecule has 161 valence electrons. The van der Waals surface area contributed by atoms with E-state index in [1.807, 2.05) is 0 Å². The topological polar surface area (TPSA) is 176 Å². The average molecular weight is 489 g/mol. The molecule has 0 spiro atoms. The second-order valence-electron chi connectivity index (χ2n) is 5.97. The Morgan fingerprint density at radius 2 is 0.786 bits per heavy atom. The van der Waals surface area contributed by atoms with Gasteiger partial charge in [0.15, 0.2) is 0 Å². The second-order valence-corrected chi connectivity index (χ2v) is 5.97. The summed E-state index contributed by atoms with van der Waals surface area (Å²) in [6.07, 6.45) is 0. The van der Waals surface area contributed by atoms with Crippen molar-refractivity contribution in [3.63, 3.8) is 0 Å². The summed E-state index contributed by atoms with van der Waals surface area (Å²) in [5.41, 5.74) is 0. The van der Waals surface area contributed by atoms with E-state index in [-0.39, 0.29) is 65.2 Å². The van der Waals surface area contributed by atoms with Crippen molar-refractivity contribution >= 4 is 29.7 Å². The first-order valence-electron chi connectivity index (χ1n) is 8.03. The molecule has 28 heavy (non-hydrogen) atoms. The summed E-state index contributed by atoms with van der Waals surface area (Å²) in [6, 6.07) is 0. The van der Waals surface area contributed by atoms with Crippen LogP contribution >= 0.6 is 0 Å². The molecule has 0 saturated carbocycles. The first-order valence-corrected chi connectivity index (χ1v) is 8.03. The Hall–Kier alpha value is -1.92. The van der Waals surface area contributed by atoms with E-state index in [2.05, 4.69) is 0 Å². The van der Waals surface area contributed by atoms with E-state index < -0.39 is 43.5 Å². The van der Waals surface area contributed by atoms with Crippen LogP contribution in [0.15, 0.2) is 0 Å². The Kier molecular flexibility index (Phi) is 15.2. The van der Waals surface area contributed by atoms with Crippen LogP contribution < -0.4 is 0 Å². The van der Waals surface area contributed by atoms with Crippen molar-refractivity contribution in [1.29, 1.82) is 0 Å². The number of nitrogens with zero attached hydrogens (tertiary/aromatic N) is 3. The molecule has 0 heterocycles. The summed E-state index contributed by atoms with van der Waals surface area (Å²) in [5, 5.41) is 35.5. The zero-order valence-electron chi connectivity index (χ0n) is 15.4. The molecule has 0 aromatic carbocycles. The van der Waals surface area contributed by atoms with Gasteiger partial charge < -0.3 is 20.4 Å². The number of Topliss-reactive ketones (excluding diaryl/α,β-unsaturated/α-hetero) is 1. The van der Waals surface area contributed by atoms with Crippen molar-refractivity contribution < 1.29 is 64.5 Å². The number of carboxylic acid groups (broad SMARTS) is 4. The van der Waals surface area contributed by atoms with Crippen molar-refractivity contribution in [3.8, 4) is 0 Å². The van der Waals surface area contributed by atoms with Crippen LogP contribution in [0.5, 0.6) is 0 Å². The zero-order chi connectivity index (χ0) is 21.0.